The van der Waals surface area contributed by atoms with Crippen LogP contribution in [0.3, 0.4) is 0 Å². The number of azo groups is 1. The summed E-state index contributed by atoms with van der Waals surface area (Å²) in [5.74, 6) is -0.453. The van der Waals surface area contributed by atoms with Crippen LogP contribution in [0.1, 0.15) is 80.8 Å². The zero-order chi connectivity index (χ0) is 22.4. The number of thioether (sulfide) groups is 1. The molecule has 168 valence electrons. The third kappa shape index (κ3) is 5.52. The van der Waals surface area contributed by atoms with E-state index in [4.69, 9.17) is 0 Å². The van der Waals surface area contributed by atoms with Crippen LogP contribution < -0.4 is 5.11 Å². The molecule has 0 bridgehead atoms. The molecule has 8 heteroatoms. The number of aryl methyl sites for hydroxylation is 2. The lowest BCUT2D eigenvalue weighted by Gasteiger charge is -2.29. The number of allylic oxidation sites excluding steroid dienone is 2. The molecule has 0 unspecified atom stereocenters. The SMILES string of the molecule is CCCCCCCC[N+](CCCC)=C1N=N/C(=C2/C(=O)C(c3sc(C)nc3C)=C2[O-])S1. The summed E-state index contributed by atoms with van der Waals surface area (Å²) < 4.78 is 2.26. The van der Waals surface area contributed by atoms with Gasteiger partial charge in [-0.05, 0) is 38.2 Å². The standard InChI is InChI=1S/C23H32N4O2S2/c1-5-7-9-10-11-12-14-27(13-8-6-2)23-26-25-22(31-23)18-19(28)17(20(18)29)21-15(3)24-16(4)30-21/h5-14H2,1-4H3. The highest BCUT2D eigenvalue weighted by Gasteiger charge is 2.38. The van der Waals surface area contributed by atoms with Crippen molar-refractivity contribution in [3.63, 3.8) is 0 Å². The Morgan fingerprint density at radius 3 is 2.23 bits per heavy atom. The lowest BCUT2D eigenvalue weighted by molar-refractivity contribution is -0.527. The van der Waals surface area contributed by atoms with E-state index in [0.717, 1.165) is 48.2 Å². The van der Waals surface area contributed by atoms with Gasteiger partial charge in [0.1, 0.15) is 0 Å². The van der Waals surface area contributed by atoms with Crippen molar-refractivity contribution in [2.45, 2.75) is 79.1 Å². The minimum Gasteiger partial charge on any atom is -0.871 e. The van der Waals surface area contributed by atoms with Gasteiger partial charge in [0.2, 0.25) is 0 Å². The van der Waals surface area contributed by atoms with E-state index in [2.05, 4.69) is 33.6 Å². The van der Waals surface area contributed by atoms with Gasteiger partial charge in [-0.1, -0.05) is 51.7 Å². The Bertz CT molecular complexity index is 957. The lowest BCUT2D eigenvalue weighted by Crippen LogP contribution is -2.29. The molecule has 0 radical (unpaired) electrons. The molecule has 0 amide bonds. The van der Waals surface area contributed by atoms with E-state index in [9.17, 15) is 9.90 Å². The molecule has 1 aliphatic heterocycles. The number of hydrogen-bond acceptors (Lipinski definition) is 6. The largest absolute Gasteiger partial charge is 0.871 e. The number of Topliss-reactive ketones (excluding diaryl/α,β-unsaturated/α-hetero) is 1. The van der Waals surface area contributed by atoms with Gasteiger partial charge in [-0.2, -0.15) is 0 Å². The van der Waals surface area contributed by atoms with Crippen molar-refractivity contribution in [2.24, 2.45) is 10.2 Å². The summed E-state index contributed by atoms with van der Waals surface area (Å²) in [5, 5.41) is 23.5. The normalized spacial score (nSPS) is 20.1. The Morgan fingerprint density at radius 1 is 0.903 bits per heavy atom. The second-order valence-corrected chi connectivity index (χ2v) is 10.2. The van der Waals surface area contributed by atoms with Gasteiger partial charge in [0.15, 0.2) is 10.8 Å². The van der Waals surface area contributed by atoms with Crippen LogP contribution in [0, 0.1) is 13.8 Å². The van der Waals surface area contributed by atoms with Gasteiger partial charge in [0.25, 0.3) is 0 Å². The summed E-state index contributed by atoms with van der Waals surface area (Å²) in [5.41, 5.74) is 1.17. The van der Waals surface area contributed by atoms with E-state index >= 15 is 0 Å². The second kappa shape index (κ2) is 11.2. The van der Waals surface area contributed by atoms with E-state index in [-0.39, 0.29) is 22.7 Å². The van der Waals surface area contributed by atoms with Crippen LogP contribution in [0.2, 0.25) is 0 Å². The molecule has 0 spiro atoms. The van der Waals surface area contributed by atoms with Gasteiger partial charge in [-0.3, -0.25) is 9.37 Å². The summed E-state index contributed by atoms with van der Waals surface area (Å²) in [6.45, 7) is 9.99. The van der Waals surface area contributed by atoms with E-state index in [0.29, 0.717) is 9.91 Å². The third-order valence-corrected chi connectivity index (χ3v) is 7.59. The van der Waals surface area contributed by atoms with Crippen LogP contribution in [-0.4, -0.2) is 33.6 Å². The second-order valence-electron chi connectivity index (χ2n) is 8.05. The Kier molecular flexibility index (Phi) is 8.60. The molecular formula is C23H32N4O2S2. The quantitative estimate of drug-likeness (QED) is 0.253. The van der Waals surface area contributed by atoms with Gasteiger partial charge in [0.05, 0.1) is 39.4 Å². The highest BCUT2D eigenvalue weighted by molar-refractivity contribution is 8.17. The van der Waals surface area contributed by atoms with Crippen molar-refractivity contribution in [3.8, 4) is 0 Å². The fourth-order valence-electron chi connectivity index (χ4n) is 3.74. The van der Waals surface area contributed by atoms with Crippen molar-refractivity contribution < 1.29 is 14.5 Å². The Hall–Kier alpha value is -1.80. The summed E-state index contributed by atoms with van der Waals surface area (Å²) in [6, 6.07) is 0. The van der Waals surface area contributed by atoms with E-state index in [1.54, 1.807) is 0 Å². The van der Waals surface area contributed by atoms with Crippen molar-refractivity contribution >= 4 is 39.6 Å². The first-order valence-electron chi connectivity index (χ1n) is 11.3. The number of amidine groups is 1. The number of thiazole rings is 1. The summed E-state index contributed by atoms with van der Waals surface area (Å²) in [4.78, 5) is 17.8. The van der Waals surface area contributed by atoms with E-state index in [1.165, 1.54) is 55.2 Å². The molecule has 2 heterocycles. The zero-order valence-electron chi connectivity index (χ0n) is 19.0. The van der Waals surface area contributed by atoms with E-state index in [1.807, 2.05) is 13.8 Å². The number of ketones is 1. The van der Waals surface area contributed by atoms with Crippen LogP contribution >= 0.6 is 23.1 Å². The molecule has 1 aromatic rings. The number of aromatic nitrogens is 1. The first-order chi connectivity index (χ1) is 15.0. The Balaban J connectivity index is 1.73. The maximum absolute atomic E-state index is 12.8. The monoisotopic (exact) mass is 460 g/mol. The fourth-order valence-corrected chi connectivity index (χ4v) is 5.63. The van der Waals surface area contributed by atoms with Gasteiger partial charge >= 0.3 is 5.17 Å². The molecule has 1 aromatic heterocycles. The molecule has 6 nitrogen and oxygen atoms in total. The first-order valence-corrected chi connectivity index (χ1v) is 13.0. The summed E-state index contributed by atoms with van der Waals surface area (Å²) >= 11 is 2.75. The minimum atomic E-state index is -0.226. The minimum absolute atomic E-state index is 0.180. The van der Waals surface area contributed by atoms with Crippen LogP contribution in [-0.2, 0) is 4.79 Å². The predicted molar refractivity (Wildman–Crippen MR) is 126 cm³/mol. The summed E-state index contributed by atoms with van der Waals surface area (Å²) in [6.07, 6.45) is 9.67. The maximum Gasteiger partial charge on any atom is 0.387 e. The molecule has 31 heavy (non-hydrogen) atoms. The Morgan fingerprint density at radius 2 is 1.58 bits per heavy atom. The average Bonchev–Trinajstić information content (AvgIpc) is 3.33. The molecule has 3 rings (SSSR count). The van der Waals surface area contributed by atoms with Crippen LogP contribution in [0.25, 0.3) is 5.57 Å². The molecule has 0 saturated heterocycles. The predicted octanol–water partition coefficient (Wildman–Crippen LogP) is 5.35. The molecule has 2 aliphatic rings. The van der Waals surface area contributed by atoms with Crippen LogP contribution in [0.5, 0.6) is 0 Å². The highest BCUT2D eigenvalue weighted by atomic mass is 32.2. The topological polar surface area (TPSA) is 80.8 Å². The fraction of sp³-hybridized carbons (Fsp3) is 0.609. The van der Waals surface area contributed by atoms with Crippen molar-refractivity contribution in [2.75, 3.05) is 13.1 Å². The van der Waals surface area contributed by atoms with Crippen molar-refractivity contribution in [3.05, 3.63) is 31.9 Å². The average molecular weight is 461 g/mol. The molecule has 0 aromatic carbocycles. The highest BCUT2D eigenvalue weighted by Crippen LogP contribution is 2.44. The van der Waals surface area contributed by atoms with Crippen molar-refractivity contribution in [1.29, 1.82) is 0 Å². The van der Waals surface area contributed by atoms with Crippen molar-refractivity contribution in [1.82, 2.24) is 4.98 Å². The zero-order valence-corrected chi connectivity index (χ0v) is 20.6. The van der Waals surface area contributed by atoms with Crippen LogP contribution in [0.15, 0.2) is 26.6 Å². The number of hydrogen-bond donors (Lipinski definition) is 0. The lowest BCUT2D eigenvalue weighted by atomic mass is 9.87. The number of carbonyl (C=O) groups excluding carboxylic acids is 1. The number of nitrogens with zero attached hydrogens (tertiary/aromatic N) is 4. The van der Waals surface area contributed by atoms with E-state index < -0.39 is 0 Å². The molecular weight excluding hydrogens is 428 g/mol. The molecule has 0 atom stereocenters. The molecule has 0 N–H and O–H groups in total. The van der Waals surface area contributed by atoms with Gasteiger partial charge in [0, 0.05) is 17.3 Å². The number of unbranched alkanes of at least 4 members (excludes halogenated alkanes) is 6. The maximum atomic E-state index is 12.8. The smallest absolute Gasteiger partial charge is 0.387 e. The number of rotatable bonds is 11. The first kappa shape index (κ1) is 23.9. The third-order valence-electron chi connectivity index (χ3n) is 5.50. The summed E-state index contributed by atoms with van der Waals surface area (Å²) in [7, 11) is 0. The molecule has 1 aliphatic carbocycles. The Labute approximate surface area is 193 Å². The van der Waals surface area contributed by atoms with Gasteiger partial charge in [-0.25, -0.2) is 4.98 Å². The molecule has 0 fully saturated rings. The number of carbonyl (C=O) groups is 1. The van der Waals surface area contributed by atoms with Gasteiger partial charge < -0.3 is 5.11 Å². The molecule has 0 saturated carbocycles. The van der Waals surface area contributed by atoms with Gasteiger partial charge in [-0.15, -0.1) is 11.3 Å². The van der Waals surface area contributed by atoms with Crippen LogP contribution in [0.4, 0.5) is 0 Å².